The van der Waals surface area contributed by atoms with Crippen LogP contribution in [-0.4, -0.2) is 26.3 Å². The van der Waals surface area contributed by atoms with Gasteiger partial charge in [-0.05, 0) is 55.9 Å². The normalized spacial score (nSPS) is 34.5. The fourth-order valence-electron chi connectivity index (χ4n) is 3.67. The highest BCUT2D eigenvalue weighted by Gasteiger charge is 2.34. The quantitative estimate of drug-likeness (QED) is 0.750. The SMILES string of the molecule is CCC1CCC(CNC2CC2)C(C(C)COC)C1. The molecular weight excluding hydrogens is 222 g/mol. The highest BCUT2D eigenvalue weighted by molar-refractivity contribution is 4.87. The molecule has 0 aromatic rings. The molecule has 2 aliphatic carbocycles. The van der Waals surface area contributed by atoms with Crippen LogP contribution in [0.5, 0.6) is 0 Å². The van der Waals surface area contributed by atoms with E-state index in [1.165, 1.54) is 45.1 Å². The number of nitrogens with one attached hydrogen (secondary N) is 1. The van der Waals surface area contributed by atoms with Gasteiger partial charge in [0.15, 0.2) is 0 Å². The van der Waals surface area contributed by atoms with Gasteiger partial charge >= 0.3 is 0 Å². The van der Waals surface area contributed by atoms with E-state index in [0.29, 0.717) is 0 Å². The third kappa shape index (κ3) is 3.96. The standard InChI is InChI=1S/C16H31NO/c1-4-13-5-6-14(10-17-15-7-8-15)16(9-13)12(2)11-18-3/h12-17H,4-11H2,1-3H3. The van der Waals surface area contributed by atoms with Crippen molar-refractivity contribution < 1.29 is 4.74 Å². The largest absolute Gasteiger partial charge is 0.384 e. The van der Waals surface area contributed by atoms with Crippen molar-refractivity contribution in [1.82, 2.24) is 5.32 Å². The van der Waals surface area contributed by atoms with Crippen molar-refractivity contribution in [2.45, 2.75) is 58.4 Å². The minimum Gasteiger partial charge on any atom is -0.384 e. The molecule has 0 aromatic carbocycles. The van der Waals surface area contributed by atoms with Crippen LogP contribution in [0.2, 0.25) is 0 Å². The highest BCUT2D eigenvalue weighted by Crippen LogP contribution is 2.39. The molecule has 0 spiro atoms. The van der Waals surface area contributed by atoms with Crippen LogP contribution in [0.25, 0.3) is 0 Å². The van der Waals surface area contributed by atoms with Crippen molar-refractivity contribution in [3.8, 4) is 0 Å². The van der Waals surface area contributed by atoms with E-state index in [9.17, 15) is 0 Å². The lowest BCUT2D eigenvalue weighted by Gasteiger charge is -2.39. The van der Waals surface area contributed by atoms with Crippen LogP contribution in [0.4, 0.5) is 0 Å². The summed E-state index contributed by atoms with van der Waals surface area (Å²) in [5, 5.41) is 3.75. The topological polar surface area (TPSA) is 21.3 Å². The Morgan fingerprint density at radius 2 is 2.00 bits per heavy atom. The molecule has 106 valence electrons. The van der Waals surface area contributed by atoms with Crippen molar-refractivity contribution in [1.29, 1.82) is 0 Å². The predicted octanol–water partition coefficient (Wildman–Crippen LogP) is 3.46. The average molecular weight is 253 g/mol. The summed E-state index contributed by atoms with van der Waals surface area (Å²) < 4.78 is 5.39. The number of ether oxygens (including phenoxy) is 1. The molecule has 2 saturated carbocycles. The van der Waals surface area contributed by atoms with E-state index in [0.717, 1.165) is 36.3 Å². The third-order valence-electron chi connectivity index (χ3n) is 5.14. The van der Waals surface area contributed by atoms with Gasteiger partial charge in [-0.3, -0.25) is 0 Å². The Kier molecular flexibility index (Phi) is 5.50. The molecule has 4 atom stereocenters. The van der Waals surface area contributed by atoms with E-state index in [1.54, 1.807) is 0 Å². The van der Waals surface area contributed by atoms with Crippen LogP contribution in [0.1, 0.15) is 52.4 Å². The molecule has 0 saturated heterocycles. The first-order chi connectivity index (χ1) is 8.74. The van der Waals surface area contributed by atoms with Crippen molar-refractivity contribution in [2.24, 2.45) is 23.7 Å². The van der Waals surface area contributed by atoms with E-state index in [-0.39, 0.29) is 0 Å². The summed E-state index contributed by atoms with van der Waals surface area (Å²) in [5.41, 5.74) is 0. The average Bonchev–Trinajstić information content (AvgIpc) is 3.20. The second-order valence-electron chi connectivity index (χ2n) is 6.63. The van der Waals surface area contributed by atoms with Gasteiger partial charge < -0.3 is 10.1 Å². The Hall–Kier alpha value is -0.0800. The van der Waals surface area contributed by atoms with Gasteiger partial charge in [0, 0.05) is 19.8 Å². The van der Waals surface area contributed by atoms with Gasteiger partial charge in [0.1, 0.15) is 0 Å². The molecule has 18 heavy (non-hydrogen) atoms. The molecule has 0 bridgehead atoms. The molecule has 0 aromatic heterocycles. The Morgan fingerprint density at radius 3 is 2.61 bits per heavy atom. The summed E-state index contributed by atoms with van der Waals surface area (Å²) in [6, 6.07) is 0.854. The highest BCUT2D eigenvalue weighted by atomic mass is 16.5. The lowest BCUT2D eigenvalue weighted by molar-refractivity contribution is 0.0646. The summed E-state index contributed by atoms with van der Waals surface area (Å²) in [4.78, 5) is 0. The molecule has 2 nitrogen and oxygen atoms in total. The fourth-order valence-corrected chi connectivity index (χ4v) is 3.67. The molecule has 0 radical (unpaired) electrons. The first kappa shape index (κ1) is 14.3. The van der Waals surface area contributed by atoms with Crippen LogP contribution < -0.4 is 5.32 Å². The lowest BCUT2D eigenvalue weighted by Crippen LogP contribution is -2.37. The zero-order valence-electron chi connectivity index (χ0n) is 12.5. The summed E-state index contributed by atoms with van der Waals surface area (Å²) in [7, 11) is 1.84. The van der Waals surface area contributed by atoms with E-state index < -0.39 is 0 Å². The Morgan fingerprint density at radius 1 is 1.22 bits per heavy atom. The van der Waals surface area contributed by atoms with Gasteiger partial charge in [0.2, 0.25) is 0 Å². The fraction of sp³-hybridized carbons (Fsp3) is 1.00. The van der Waals surface area contributed by atoms with Crippen LogP contribution >= 0.6 is 0 Å². The number of hydrogen-bond donors (Lipinski definition) is 1. The second-order valence-corrected chi connectivity index (χ2v) is 6.63. The zero-order valence-corrected chi connectivity index (χ0v) is 12.5. The maximum atomic E-state index is 5.39. The van der Waals surface area contributed by atoms with Gasteiger partial charge in [-0.2, -0.15) is 0 Å². The first-order valence-corrected chi connectivity index (χ1v) is 7.96. The molecule has 0 heterocycles. The van der Waals surface area contributed by atoms with E-state index in [1.807, 2.05) is 7.11 Å². The van der Waals surface area contributed by atoms with Crippen LogP contribution in [-0.2, 0) is 4.74 Å². The molecule has 0 aliphatic heterocycles. The molecular formula is C16H31NO. The molecule has 1 N–H and O–H groups in total. The third-order valence-corrected chi connectivity index (χ3v) is 5.14. The second kappa shape index (κ2) is 6.91. The van der Waals surface area contributed by atoms with Crippen molar-refractivity contribution >= 4 is 0 Å². The Balaban J connectivity index is 1.86. The monoisotopic (exact) mass is 253 g/mol. The van der Waals surface area contributed by atoms with Gasteiger partial charge in [0.25, 0.3) is 0 Å². The predicted molar refractivity (Wildman–Crippen MR) is 76.7 cm³/mol. The summed E-state index contributed by atoms with van der Waals surface area (Å²) >= 11 is 0. The maximum Gasteiger partial charge on any atom is 0.0490 e. The van der Waals surface area contributed by atoms with Crippen molar-refractivity contribution in [2.75, 3.05) is 20.3 Å². The van der Waals surface area contributed by atoms with Crippen LogP contribution in [0, 0.1) is 23.7 Å². The number of rotatable bonds is 7. The Bertz CT molecular complexity index is 239. The summed E-state index contributed by atoms with van der Waals surface area (Å²) in [6.45, 7) is 6.92. The van der Waals surface area contributed by atoms with Gasteiger partial charge in [-0.15, -0.1) is 0 Å². The zero-order chi connectivity index (χ0) is 13.0. The summed E-state index contributed by atoms with van der Waals surface area (Å²) in [5.74, 6) is 3.44. The smallest absolute Gasteiger partial charge is 0.0490 e. The number of methoxy groups -OCH3 is 1. The molecule has 0 amide bonds. The van der Waals surface area contributed by atoms with Gasteiger partial charge in [0.05, 0.1) is 0 Å². The van der Waals surface area contributed by atoms with Crippen molar-refractivity contribution in [3.63, 3.8) is 0 Å². The number of hydrogen-bond acceptors (Lipinski definition) is 2. The van der Waals surface area contributed by atoms with Gasteiger partial charge in [-0.1, -0.05) is 26.7 Å². The van der Waals surface area contributed by atoms with Crippen molar-refractivity contribution in [3.05, 3.63) is 0 Å². The van der Waals surface area contributed by atoms with E-state index in [4.69, 9.17) is 4.74 Å². The van der Waals surface area contributed by atoms with E-state index >= 15 is 0 Å². The van der Waals surface area contributed by atoms with Crippen LogP contribution in [0.15, 0.2) is 0 Å². The molecule has 2 rings (SSSR count). The summed E-state index contributed by atoms with van der Waals surface area (Å²) in [6.07, 6.45) is 8.48. The molecule has 2 heteroatoms. The maximum absolute atomic E-state index is 5.39. The minimum atomic E-state index is 0.718. The molecule has 4 unspecified atom stereocenters. The van der Waals surface area contributed by atoms with E-state index in [2.05, 4.69) is 19.2 Å². The Labute approximate surface area is 113 Å². The minimum absolute atomic E-state index is 0.718. The first-order valence-electron chi connectivity index (χ1n) is 7.96. The molecule has 2 fully saturated rings. The molecule has 2 aliphatic rings. The van der Waals surface area contributed by atoms with Gasteiger partial charge in [-0.25, -0.2) is 0 Å². The van der Waals surface area contributed by atoms with Crippen LogP contribution in [0.3, 0.4) is 0 Å². The lowest BCUT2D eigenvalue weighted by atomic mass is 9.68.